The van der Waals surface area contributed by atoms with E-state index in [1.54, 1.807) is 33.9 Å². The molecule has 0 bridgehead atoms. The SMILES string of the molecule is CCC(c1nc2ccccc2c(=O)n1CC)N(CCc1ccccn1)C(=O)c1cccc(F)c1. The lowest BCUT2D eigenvalue weighted by Crippen LogP contribution is -2.40. The minimum Gasteiger partial charge on any atom is -0.328 e. The number of fused-ring (bicyclic) bond motifs is 1. The fraction of sp³-hybridized carbons (Fsp3) is 0.259. The van der Waals surface area contributed by atoms with E-state index in [0.29, 0.717) is 42.7 Å². The molecule has 0 fully saturated rings. The van der Waals surface area contributed by atoms with Gasteiger partial charge >= 0.3 is 0 Å². The van der Waals surface area contributed by atoms with Crippen LogP contribution in [-0.2, 0) is 13.0 Å². The lowest BCUT2D eigenvalue weighted by Gasteiger charge is -2.32. The molecule has 2 aromatic carbocycles. The fourth-order valence-corrected chi connectivity index (χ4v) is 4.25. The Hall–Kier alpha value is -3.87. The van der Waals surface area contributed by atoms with E-state index in [4.69, 9.17) is 4.98 Å². The molecule has 2 heterocycles. The van der Waals surface area contributed by atoms with E-state index in [1.807, 2.05) is 44.2 Å². The summed E-state index contributed by atoms with van der Waals surface area (Å²) in [6.07, 6.45) is 2.77. The number of aromatic nitrogens is 3. The standard InChI is InChI=1S/C27H27FN4O2/c1-3-24(25-30-23-14-6-5-13-22(23)27(34)31(25)4-2)32(17-15-21-12-7-8-16-29-21)26(33)19-10-9-11-20(28)18-19/h5-14,16,18,24H,3-4,15,17H2,1-2H3. The first kappa shape index (κ1) is 23.3. The predicted molar refractivity (Wildman–Crippen MR) is 130 cm³/mol. The van der Waals surface area contributed by atoms with E-state index in [0.717, 1.165) is 5.69 Å². The third-order valence-electron chi connectivity index (χ3n) is 5.94. The number of hydrogen-bond acceptors (Lipinski definition) is 4. The van der Waals surface area contributed by atoms with Crippen LogP contribution in [0.25, 0.3) is 10.9 Å². The summed E-state index contributed by atoms with van der Waals surface area (Å²) in [5.41, 5.74) is 1.55. The molecule has 1 atom stereocenters. The summed E-state index contributed by atoms with van der Waals surface area (Å²) in [6, 6.07) is 18.1. The molecule has 34 heavy (non-hydrogen) atoms. The zero-order valence-corrected chi connectivity index (χ0v) is 19.3. The highest BCUT2D eigenvalue weighted by Gasteiger charge is 2.29. The average molecular weight is 459 g/mol. The number of pyridine rings is 1. The molecular formula is C27H27FN4O2. The molecule has 2 aromatic heterocycles. The number of nitrogens with zero attached hydrogens (tertiary/aromatic N) is 4. The quantitative estimate of drug-likeness (QED) is 0.381. The summed E-state index contributed by atoms with van der Waals surface area (Å²) in [4.78, 5) is 37.8. The molecule has 0 N–H and O–H groups in total. The molecule has 0 spiro atoms. The number of rotatable bonds is 8. The van der Waals surface area contributed by atoms with Crippen LogP contribution in [0.15, 0.2) is 77.7 Å². The summed E-state index contributed by atoms with van der Waals surface area (Å²) < 4.78 is 15.6. The van der Waals surface area contributed by atoms with Gasteiger partial charge in [0, 0.05) is 37.0 Å². The zero-order valence-electron chi connectivity index (χ0n) is 19.3. The Morgan fingerprint density at radius 2 is 1.85 bits per heavy atom. The summed E-state index contributed by atoms with van der Waals surface area (Å²) >= 11 is 0. The van der Waals surface area contributed by atoms with Crippen molar-refractivity contribution < 1.29 is 9.18 Å². The van der Waals surface area contributed by atoms with Crippen LogP contribution >= 0.6 is 0 Å². The Kier molecular flexibility index (Phi) is 7.11. The number of para-hydroxylation sites is 1. The van der Waals surface area contributed by atoms with Crippen molar-refractivity contribution in [2.24, 2.45) is 0 Å². The molecule has 0 aliphatic carbocycles. The average Bonchev–Trinajstić information content (AvgIpc) is 2.87. The molecule has 174 valence electrons. The van der Waals surface area contributed by atoms with E-state index >= 15 is 0 Å². The molecule has 0 aliphatic heterocycles. The van der Waals surface area contributed by atoms with Gasteiger partial charge in [-0.2, -0.15) is 0 Å². The Morgan fingerprint density at radius 3 is 2.56 bits per heavy atom. The maximum Gasteiger partial charge on any atom is 0.261 e. The highest BCUT2D eigenvalue weighted by atomic mass is 19.1. The van der Waals surface area contributed by atoms with Gasteiger partial charge in [-0.1, -0.05) is 31.2 Å². The van der Waals surface area contributed by atoms with Gasteiger partial charge in [0.05, 0.1) is 16.9 Å². The predicted octanol–water partition coefficient (Wildman–Crippen LogP) is 4.79. The van der Waals surface area contributed by atoms with Crippen molar-refractivity contribution in [2.75, 3.05) is 6.54 Å². The molecule has 1 amide bonds. The van der Waals surface area contributed by atoms with E-state index in [1.165, 1.54) is 18.2 Å². The summed E-state index contributed by atoms with van der Waals surface area (Å²) in [6.45, 7) is 4.61. The molecule has 0 saturated carbocycles. The zero-order chi connectivity index (χ0) is 24.1. The van der Waals surface area contributed by atoms with Gasteiger partial charge in [0.25, 0.3) is 11.5 Å². The van der Waals surface area contributed by atoms with Crippen LogP contribution in [0.2, 0.25) is 0 Å². The molecule has 0 radical (unpaired) electrons. The van der Waals surface area contributed by atoms with E-state index < -0.39 is 11.9 Å². The maximum atomic E-state index is 14.0. The second kappa shape index (κ2) is 10.4. The van der Waals surface area contributed by atoms with Crippen molar-refractivity contribution >= 4 is 16.8 Å². The first-order valence-electron chi connectivity index (χ1n) is 11.5. The van der Waals surface area contributed by atoms with Crippen molar-refractivity contribution in [1.29, 1.82) is 0 Å². The van der Waals surface area contributed by atoms with Gasteiger partial charge in [-0.05, 0) is 55.8 Å². The summed E-state index contributed by atoms with van der Waals surface area (Å²) in [5.74, 6) is -0.260. The minimum absolute atomic E-state index is 0.135. The largest absolute Gasteiger partial charge is 0.328 e. The normalized spacial score (nSPS) is 12.0. The summed E-state index contributed by atoms with van der Waals surface area (Å²) in [7, 11) is 0. The van der Waals surface area contributed by atoms with E-state index in [2.05, 4.69) is 4.98 Å². The third kappa shape index (κ3) is 4.73. The number of carbonyl (C=O) groups is 1. The molecule has 4 rings (SSSR count). The Labute approximate surface area is 197 Å². The summed E-state index contributed by atoms with van der Waals surface area (Å²) in [5, 5.41) is 0.541. The van der Waals surface area contributed by atoms with Crippen LogP contribution in [0.4, 0.5) is 4.39 Å². The highest BCUT2D eigenvalue weighted by molar-refractivity contribution is 5.94. The monoisotopic (exact) mass is 458 g/mol. The Morgan fingerprint density at radius 1 is 1.06 bits per heavy atom. The van der Waals surface area contributed by atoms with Crippen molar-refractivity contribution in [2.45, 2.75) is 39.3 Å². The maximum absolute atomic E-state index is 14.0. The Bertz CT molecular complexity index is 1350. The van der Waals surface area contributed by atoms with E-state index in [9.17, 15) is 14.0 Å². The van der Waals surface area contributed by atoms with Crippen LogP contribution in [0.3, 0.4) is 0 Å². The highest BCUT2D eigenvalue weighted by Crippen LogP contribution is 2.26. The molecule has 1 unspecified atom stereocenters. The molecule has 0 aliphatic rings. The van der Waals surface area contributed by atoms with Crippen LogP contribution in [0, 0.1) is 5.82 Å². The molecule has 6 nitrogen and oxygen atoms in total. The van der Waals surface area contributed by atoms with Crippen LogP contribution in [0.1, 0.15) is 48.2 Å². The van der Waals surface area contributed by atoms with Crippen molar-refractivity contribution in [3.05, 3.63) is 106 Å². The lowest BCUT2D eigenvalue weighted by atomic mass is 10.1. The molecule has 4 aromatic rings. The number of halogens is 1. The smallest absolute Gasteiger partial charge is 0.261 e. The third-order valence-corrected chi connectivity index (χ3v) is 5.94. The topological polar surface area (TPSA) is 68.1 Å². The second-order valence-corrected chi connectivity index (χ2v) is 8.04. The number of amides is 1. The first-order chi connectivity index (χ1) is 16.5. The van der Waals surface area contributed by atoms with Gasteiger partial charge in [0.2, 0.25) is 0 Å². The van der Waals surface area contributed by atoms with Crippen molar-refractivity contribution in [3.8, 4) is 0 Å². The second-order valence-electron chi connectivity index (χ2n) is 8.04. The van der Waals surface area contributed by atoms with E-state index in [-0.39, 0.29) is 17.0 Å². The fourth-order valence-electron chi connectivity index (χ4n) is 4.25. The van der Waals surface area contributed by atoms with Gasteiger partial charge in [-0.3, -0.25) is 19.1 Å². The Balaban J connectivity index is 1.81. The lowest BCUT2D eigenvalue weighted by molar-refractivity contribution is 0.0658. The molecule has 0 saturated heterocycles. The van der Waals surface area contributed by atoms with Gasteiger partial charge in [0.1, 0.15) is 11.6 Å². The minimum atomic E-state index is -0.475. The van der Waals surface area contributed by atoms with Crippen molar-refractivity contribution in [3.63, 3.8) is 0 Å². The van der Waals surface area contributed by atoms with Gasteiger partial charge < -0.3 is 4.90 Å². The number of hydrogen-bond donors (Lipinski definition) is 0. The number of carbonyl (C=O) groups excluding carboxylic acids is 1. The first-order valence-corrected chi connectivity index (χ1v) is 11.5. The molecular weight excluding hydrogens is 431 g/mol. The van der Waals surface area contributed by atoms with Gasteiger partial charge in [-0.25, -0.2) is 9.37 Å². The van der Waals surface area contributed by atoms with Crippen LogP contribution in [-0.4, -0.2) is 31.9 Å². The van der Waals surface area contributed by atoms with Crippen molar-refractivity contribution in [1.82, 2.24) is 19.4 Å². The molecule has 7 heteroatoms. The number of benzene rings is 2. The van der Waals surface area contributed by atoms with Crippen LogP contribution < -0.4 is 5.56 Å². The van der Waals surface area contributed by atoms with Gasteiger partial charge in [0.15, 0.2) is 0 Å². The van der Waals surface area contributed by atoms with Crippen LogP contribution in [0.5, 0.6) is 0 Å². The van der Waals surface area contributed by atoms with Gasteiger partial charge in [-0.15, -0.1) is 0 Å².